The van der Waals surface area contributed by atoms with Crippen LogP contribution in [0, 0.1) is 11.3 Å². The Morgan fingerprint density at radius 3 is 1.55 bits per heavy atom. The van der Waals surface area contributed by atoms with E-state index in [1.807, 2.05) is 0 Å². The summed E-state index contributed by atoms with van der Waals surface area (Å²) in [6.45, 7) is 2.91. The number of hydrogen-bond acceptors (Lipinski definition) is 3. The van der Waals surface area contributed by atoms with Crippen molar-refractivity contribution in [2.24, 2.45) is 0 Å². The van der Waals surface area contributed by atoms with Crippen LogP contribution >= 0.6 is 0 Å². The van der Waals surface area contributed by atoms with Gasteiger partial charge >= 0.3 is 12.1 Å². The molecule has 0 fully saturated rings. The molecule has 0 saturated carbocycles. The van der Waals surface area contributed by atoms with Crippen LogP contribution < -0.4 is 0 Å². The van der Waals surface area contributed by atoms with Gasteiger partial charge in [-0.05, 0) is 0 Å². The molecule has 6 nitrogen and oxygen atoms in total. The lowest BCUT2D eigenvalue weighted by Crippen LogP contribution is -1.94. The van der Waals surface area contributed by atoms with E-state index in [1.54, 1.807) is 0 Å². The maximum absolute atomic E-state index is 9.61. The number of rotatable bonds is 1. The molecule has 0 radical (unpaired) electrons. The molecule has 0 amide bonds. The van der Waals surface area contributed by atoms with Crippen molar-refractivity contribution in [3.05, 3.63) is 12.2 Å². The first-order valence-corrected chi connectivity index (χ1v) is 2.16. The topological polar surface area (TPSA) is 119 Å². The van der Waals surface area contributed by atoms with Gasteiger partial charge in [-0.2, -0.15) is 5.26 Å². The molecular formula is C5H5NO5. The zero-order valence-electron chi connectivity index (χ0n) is 5.31. The predicted molar refractivity (Wildman–Crippen MR) is 33.0 cm³/mol. The Hall–Kier alpha value is -2.03. The Bertz CT molecular complexity index is 209. The highest BCUT2D eigenvalue weighted by molar-refractivity contribution is 5.90. The Labute approximate surface area is 61.6 Å². The fourth-order valence-electron chi connectivity index (χ4n) is 0.0478. The Kier molecular flexibility index (Phi) is 6.50. The summed E-state index contributed by atoms with van der Waals surface area (Å²) in [5, 5.41) is 29.6. The average Bonchev–Trinajstić information content (AvgIpc) is 1.85. The van der Waals surface area contributed by atoms with Crippen LogP contribution in [0.25, 0.3) is 0 Å². The number of aliphatic carboxylic acids is 1. The van der Waals surface area contributed by atoms with Gasteiger partial charge in [0.25, 0.3) is 0 Å². The Morgan fingerprint density at radius 2 is 1.55 bits per heavy atom. The third-order valence-corrected chi connectivity index (χ3v) is 0.393. The van der Waals surface area contributed by atoms with Crippen LogP contribution in [0.1, 0.15) is 0 Å². The van der Waals surface area contributed by atoms with Crippen molar-refractivity contribution < 1.29 is 24.9 Å². The van der Waals surface area contributed by atoms with Gasteiger partial charge in [-0.1, -0.05) is 6.58 Å². The molecule has 3 N–H and O–H groups in total. The lowest BCUT2D eigenvalue weighted by molar-refractivity contribution is -0.132. The molecular weight excluding hydrogens is 154 g/mol. The highest BCUT2D eigenvalue weighted by Crippen LogP contribution is 1.81. The van der Waals surface area contributed by atoms with E-state index in [2.05, 4.69) is 6.58 Å². The summed E-state index contributed by atoms with van der Waals surface area (Å²) in [4.78, 5) is 18.2. The number of nitrogens with zero attached hydrogens (tertiary/aromatic N) is 1. The van der Waals surface area contributed by atoms with E-state index in [-0.39, 0.29) is 0 Å². The summed E-state index contributed by atoms with van der Waals surface area (Å²) in [7, 11) is 0. The van der Waals surface area contributed by atoms with Gasteiger partial charge < -0.3 is 15.3 Å². The van der Waals surface area contributed by atoms with Crippen molar-refractivity contribution in [1.29, 1.82) is 5.26 Å². The van der Waals surface area contributed by atoms with Crippen LogP contribution in [0.3, 0.4) is 0 Å². The van der Waals surface area contributed by atoms with Crippen molar-refractivity contribution in [3.8, 4) is 6.07 Å². The van der Waals surface area contributed by atoms with Gasteiger partial charge in [0, 0.05) is 0 Å². The van der Waals surface area contributed by atoms with E-state index in [9.17, 15) is 4.79 Å². The van der Waals surface area contributed by atoms with Crippen LogP contribution in [0.4, 0.5) is 4.79 Å². The molecule has 0 aliphatic rings. The highest BCUT2D eigenvalue weighted by Gasteiger charge is 1.97. The number of carboxylic acid groups (broad SMARTS) is 3. The monoisotopic (exact) mass is 159 g/mol. The van der Waals surface area contributed by atoms with Gasteiger partial charge in [-0.15, -0.1) is 0 Å². The van der Waals surface area contributed by atoms with E-state index in [0.29, 0.717) is 0 Å². The van der Waals surface area contributed by atoms with Crippen molar-refractivity contribution in [2.45, 2.75) is 0 Å². The van der Waals surface area contributed by atoms with E-state index in [4.69, 9.17) is 25.4 Å². The van der Waals surface area contributed by atoms with Crippen LogP contribution in [0.2, 0.25) is 0 Å². The first kappa shape index (κ1) is 11.7. The van der Waals surface area contributed by atoms with Crippen LogP contribution in [-0.2, 0) is 4.79 Å². The van der Waals surface area contributed by atoms with E-state index in [0.717, 1.165) is 0 Å². The quantitative estimate of drug-likeness (QED) is 0.375. The van der Waals surface area contributed by atoms with E-state index < -0.39 is 17.7 Å². The van der Waals surface area contributed by atoms with E-state index >= 15 is 0 Å². The number of carbonyl (C=O) groups is 2. The average molecular weight is 159 g/mol. The van der Waals surface area contributed by atoms with Crippen LogP contribution in [-0.4, -0.2) is 27.4 Å². The van der Waals surface area contributed by atoms with Crippen LogP contribution in [0.15, 0.2) is 12.2 Å². The second kappa shape index (κ2) is 6.10. The molecule has 6 heteroatoms. The molecule has 0 saturated heterocycles. The first-order chi connectivity index (χ1) is 4.91. The Balaban J connectivity index is 0. The Morgan fingerprint density at radius 1 is 1.27 bits per heavy atom. The molecule has 0 aromatic carbocycles. The molecule has 0 unspecified atom stereocenters. The van der Waals surface area contributed by atoms with Gasteiger partial charge in [0.2, 0.25) is 0 Å². The standard InChI is InChI=1S/C4H3NO2.CH2O3/c1-3(2-5)4(6)7;2-1(3)4/h1H2,(H,6,7);(H2,2,3,4). The normalized spacial score (nSPS) is 6.45. The lowest BCUT2D eigenvalue weighted by Gasteiger charge is -1.76. The molecule has 0 atom stereocenters. The number of hydrogen-bond donors (Lipinski definition) is 3. The fraction of sp³-hybridized carbons (Fsp3) is 0. The summed E-state index contributed by atoms with van der Waals surface area (Å²) >= 11 is 0. The zero-order chi connectivity index (χ0) is 9.44. The van der Waals surface area contributed by atoms with Gasteiger partial charge in [0.15, 0.2) is 0 Å². The SMILES string of the molecule is C=C(C#N)C(=O)O.O=C(O)O. The van der Waals surface area contributed by atoms with Crippen molar-refractivity contribution in [1.82, 2.24) is 0 Å². The summed E-state index contributed by atoms with van der Waals surface area (Å²) in [5.41, 5.74) is -0.431. The smallest absolute Gasteiger partial charge is 0.477 e. The molecule has 0 aliphatic heterocycles. The zero-order valence-corrected chi connectivity index (χ0v) is 5.31. The lowest BCUT2D eigenvalue weighted by atomic mass is 10.4. The number of carboxylic acids is 1. The van der Waals surface area contributed by atoms with E-state index in [1.165, 1.54) is 6.07 Å². The molecule has 0 aromatic heterocycles. The summed E-state index contributed by atoms with van der Waals surface area (Å²) in [6, 6.07) is 1.37. The second-order valence-electron chi connectivity index (χ2n) is 1.18. The molecule has 0 spiro atoms. The van der Waals surface area contributed by atoms with Crippen molar-refractivity contribution in [2.75, 3.05) is 0 Å². The minimum absolute atomic E-state index is 0.431. The second-order valence-corrected chi connectivity index (χ2v) is 1.18. The minimum Gasteiger partial charge on any atom is -0.477 e. The molecule has 0 bridgehead atoms. The summed E-state index contributed by atoms with van der Waals surface area (Å²) in [5.74, 6) is -1.26. The third kappa shape index (κ3) is 18.0. The molecule has 0 aliphatic carbocycles. The van der Waals surface area contributed by atoms with Gasteiger partial charge in [0.05, 0.1) is 0 Å². The van der Waals surface area contributed by atoms with Crippen molar-refractivity contribution in [3.63, 3.8) is 0 Å². The van der Waals surface area contributed by atoms with Crippen molar-refractivity contribution >= 4 is 12.1 Å². The molecule has 0 heterocycles. The molecule has 60 valence electrons. The van der Waals surface area contributed by atoms with Gasteiger partial charge in [-0.25, -0.2) is 9.59 Å². The highest BCUT2D eigenvalue weighted by atomic mass is 16.6. The predicted octanol–water partition coefficient (Wildman–Crippen LogP) is 0.373. The number of nitriles is 1. The summed E-state index contributed by atoms with van der Waals surface area (Å²) < 4.78 is 0. The maximum atomic E-state index is 9.61. The van der Waals surface area contributed by atoms with Crippen LogP contribution in [0.5, 0.6) is 0 Å². The van der Waals surface area contributed by atoms with Gasteiger partial charge in [-0.3, -0.25) is 0 Å². The fourth-order valence-corrected chi connectivity index (χ4v) is 0.0478. The first-order valence-electron chi connectivity index (χ1n) is 2.16. The summed E-state index contributed by atoms with van der Waals surface area (Å²) in [6.07, 6.45) is -1.83. The largest absolute Gasteiger partial charge is 0.503 e. The molecule has 0 aromatic rings. The third-order valence-electron chi connectivity index (χ3n) is 0.393. The van der Waals surface area contributed by atoms with Gasteiger partial charge in [0.1, 0.15) is 11.6 Å². The maximum Gasteiger partial charge on any atom is 0.503 e. The molecule has 11 heavy (non-hydrogen) atoms. The minimum atomic E-state index is -1.83. The molecule has 0 rings (SSSR count).